The summed E-state index contributed by atoms with van der Waals surface area (Å²) in [4.78, 5) is 21.0. The van der Waals surface area contributed by atoms with E-state index in [4.69, 9.17) is 4.74 Å². The van der Waals surface area contributed by atoms with Crippen molar-refractivity contribution in [3.63, 3.8) is 0 Å². The lowest BCUT2D eigenvalue weighted by Gasteiger charge is -2.13. The fourth-order valence-electron chi connectivity index (χ4n) is 3.14. The molecule has 0 fully saturated rings. The van der Waals surface area contributed by atoms with Crippen LogP contribution in [0.25, 0.3) is 22.8 Å². The van der Waals surface area contributed by atoms with Gasteiger partial charge in [0.15, 0.2) is 5.82 Å². The third kappa shape index (κ3) is 2.71. The molecule has 0 aliphatic carbocycles. The molecule has 26 heavy (non-hydrogen) atoms. The second-order valence-electron chi connectivity index (χ2n) is 6.30. The number of benzene rings is 1. The molecule has 3 heterocycles. The summed E-state index contributed by atoms with van der Waals surface area (Å²) < 4.78 is 7.10. The lowest BCUT2D eigenvalue weighted by molar-refractivity contribution is 0.0924. The van der Waals surface area contributed by atoms with E-state index in [-0.39, 0.29) is 5.91 Å². The van der Waals surface area contributed by atoms with Gasteiger partial charge in [-0.25, -0.2) is 9.97 Å². The van der Waals surface area contributed by atoms with E-state index in [9.17, 15) is 4.79 Å². The number of rotatable bonds is 3. The summed E-state index contributed by atoms with van der Waals surface area (Å²) in [5.74, 6) is 1.36. The Kier molecular flexibility index (Phi) is 3.91. The predicted molar refractivity (Wildman–Crippen MR) is 97.0 cm³/mol. The molecule has 0 bridgehead atoms. The molecule has 0 unspecified atom stereocenters. The summed E-state index contributed by atoms with van der Waals surface area (Å²) >= 11 is 0. The molecule has 0 atom stereocenters. The highest BCUT2D eigenvalue weighted by atomic mass is 16.5. The summed E-state index contributed by atoms with van der Waals surface area (Å²) in [7, 11) is 1.66. The number of fused-ring (bicyclic) bond motifs is 1. The van der Waals surface area contributed by atoms with Crippen molar-refractivity contribution < 1.29 is 9.53 Å². The topological polar surface area (TPSA) is 81.9 Å². The Morgan fingerprint density at radius 2 is 2.00 bits per heavy atom. The Balaban J connectivity index is 1.77. The molecule has 1 aliphatic rings. The number of nitrogens with one attached hydrogen (secondary N) is 1. The Morgan fingerprint density at radius 1 is 1.15 bits per heavy atom. The van der Waals surface area contributed by atoms with Gasteiger partial charge in [-0.05, 0) is 49.2 Å². The van der Waals surface area contributed by atoms with Crippen LogP contribution < -0.4 is 10.1 Å². The van der Waals surface area contributed by atoms with Crippen LogP contribution >= 0.6 is 0 Å². The second kappa shape index (κ2) is 6.25. The molecule has 7 heteroatoms. The van der Waals surface area contributed by atoms with Crippen LogP contribution in [0.1, 0.15) is 21.6 Å². The molecule has 1 aromatic carbocycles. The van der Waals surface area contributed by atoms with Crippen LogP contribution in [0, 0.1) is 13.8 Å². The molecule has 4 rings (SSSR count). The molecule has 0 radical (unpaired) electrons. The Bertz CT molecular complexity index is 1010. The van der Waals surface area contributed by atoms with Crippen LogP contribution in [-0.4, -0.2) is 39.3 Å². The molecule has 1 aliphatic heterocycles. The normalized spacial score (nSPS) is 13.3. The highest BCUT2D eigenvalue weighted by Gasteiger charge is 2.20. The van der Waals surface area contributed by atoms with Gasteiger partial charge in [0.05, 0.1) is 19.3 Å². The molecule has 2 aromatic heterocycles. The molecule has 7 nitrogen and oxygen atoms in total. The number of hydrogen-bond acceptors (Lipinski definition) is 5. The monoisotopic (exact) mass is 349 g/mol. The number of aryl methyl sites for hydroxylation is 2. The number of methoxy groups -OCH3 is 1. The maximum atomic E-state index is 11.9. The summed E-state index contributed by atoms with van der Waals surface area (Å²) in [5.41, 5.74) is 4.93. The van der Waals surface area contributed by atoms with Gasteiger partial charge in [-0.3, -0.25) is 9.48 Å². The van der Waals surface area contributed by atoms with Crippen molar-refractivity contribution in [2.45, 2.75) is 20.4 Å². The van der Waals surface area contributed by atoms with Gasteiger partial charge < -0.3 is 10.1 Å². The molecule has 1 amide bonds. The first-order chi connectivity index (χ1) is 12.6. The Hall–Kier alpha value is -3.22. The highest BCUT2D eigenvalue weighted by Crippen LogP contribution is 2.29. The van der Waals surface area contributed by atoms with Crippen LogP contribution in [0.15, 0.2) is 30.5 Å². The van der Waals surface area contributed by atoms with Crippen molar-refractivity contribution in [2.24, 2.45) is 0 Å². The van der Waals surface area contributed by atoms with E-state index in [2.05, 4.69) is 20.4 Å². The van der Waals surface area contributed by atoms with Gasteiger partial charge in [0.25, 0.3) is 5.91 Å². The quantitative estimate of drug-likeness (QED) is 0.785. The minimum Gasteiger partial charge on any atom is -0.496 e. The van der Waals surface area contributed by atoms with Gasteiger partial charge in [0, 0.05) is 18.3 Å². The summed E-state index contributed by atoms with van der Waals surface area (Å²) in [6.45, 7) is 5.25. The van der Waals surface area contributed by atoms with Gasteiger partial charge in [-0.2, -0.15) is 5.10 Å². The highest BCUT2D eigenvalue weighted by molar-refractivity contribution is 5.94. The van der Waals surface area contributed by atoms with E-state index >= 15 is 0 Å². The Morgan fingerprint density at radius 3 is 2.77 bits per heavy atom. The molecule has 132 valence electrons. The van der Waals surface area contributed by atoms with Crippen molar-refractivity contribution >= 4 is 5.91 Å². The standard InChI is InChI=1S/C19H19N5O2/c1-11-9-17(26-3)12(2)8-13(11)18-20-5-4-14(22-18)15-10-16-19(25)21-6-7-24(16)23-15/h4-5,8-10H,6-7H2,1-3H3,(H,21,25). The van der Waals surface area contributed by atoms with Crippen LogP contribution in [-0.2, 0) is 6.54 Å². The van der Waals surface area contributed by atoms with E-state index in [1.165, 1.54) is 0 Å². The summed E-state index contributed by atoms with van der Waals surface area (Å²) in [6, 6.07) is 7.59. The average molecular weight is 349 g/mol. The van der Waals surface area contributed by atoms with Crippen molar-refractivity contribution in [1.29, 1.82) is 0 Å². The largest absolute Gasteiger partial charge is 0.496 e. The molecule has 3 aromatic rings. The van der Waals surface area contributed by atoms with Gasteiger partial charge in [-0.15, -0.1) is 0 Å². The lowest BCUT2D eigenvalue weighted by atomic mass is 10.0. The van der Waals surface area contributed by atoms with Gasteiger partial charge in [0.1, 0.15) is 17.1 Å². The van der Waals surface area contributed by atoms with E-state index in [1.54, 1.807) is 24.1 Å². The number of ether oxygens (including phenoxy) is 1. The Labute approximate surface area is 151 Å². The lowest BCUT2D eigenvalue weighted by Crippen LogP contribution is -2.35. The van der Waals surface area contributed by atoms with Crippen molar-refractivity contribution in [3.8, 4) is 28.5 Å². The van der Waals surface area contributed by atoms with E-state index in [0.717, 1.165) is 22.4 Å². The first-order valence-electron chi connectivity index (χ1n) is 8.42. The van der Waals surface area contributed by atoms with Gasteiger partial charge >= 0.3 is 0 Å². The van der Waals surface area contributed by atoms with Gasteiger partial charge in [-0.1, -0.05) is 0 Å². The SMILES string of the molecule is COc1cc(C)c(-c2nccc(-c3cc4n(n3)CCNC4=O)n2)cc1C. The zero-order chi connectivity index (χ0) is 18.3. The molecular weight excluding hydrogens is 330 g/mol. The number of carbonyl (C=O) groups is 1. The minimum atomic E-state index is -0.106. The summed E-state index contributed by atoms with van der Waals surface area (Å²) in [6.07, 6.45) is 1.72. The number of amides is 1. The number of aromatic nitrogens is 4. The zero-order valence-corrected chi connectivity index (χ0v) is 14.9. The van der Waals surface area contributed by atoms with Crippen molar-refractivity contribution in [2.75, 3.05) is 13.7 Å². The molecule has 0 saturated carbocycles. The fourth-order valence-corrected chi connectivity index (χ4v) is 3.14. The number of carbonyl (C=O) groups excluding carboxylic acids is 1. The van der Waals surface area contributed by atoms with Crippen LogP contribution in [0.3, 0.4) is 0 Å². The number of hydrogen-bond donors (Lipinski definition) is 1. The fraction of sp³-hybridized carbons (Fsp3) is 0.263. The molecular formula is C19H19N5O2. The van der Waals surface area contributed by atoms with E-state index in [1.807, 2.05) is 32.0 Å². The molecule has 0 spiro atoms. The van der Waals surface area contributed by atoms with Gasteiger partial charge in [0.2, 0.25) is 0 Å². The van der Waals surface area contributed by atoms with Crippen LogP contribution in [0.5, 0.6) is 5.75 Å². The van der Waals surface area contributed by atoms with Crippen LogP contribution in [0.2, 0.25) is 0 Å². The minimum absolute atomic E-state index is 0.106. The van der Waals surface area contributed by atoms with E-state index in [0.29, 0.717) is 36.0 Å². The third-order valence-electron chi connectivity index (χ3n) is 4.52. The third-order valence-corrected chi connectivity index (χ3v) is 4.52. The van der Waals surface area contributed by atoms with Crippen molar-refractivity contribution in [1.82, 2.24) is 25.1 Å². The van der Waals surface area contributed by atoms with Crippen LogP contribution in [0.4, 0.5) is 0 Å². The maximum absolute atomic E-state index is 11.9. The molecule has 0 saturated heterocycles. The zero-order valence-electron chi connectivity index (χ0n) is 14.9. The average Bonchev–Trinajstić information content (AvgIpc) is 3.09. The smallest absolute Gasteiger partial charge is 0.269 e. The van der Waals surface area contributed by atoms with Crippen molar-refractivity contribution in [3.05, 3.63) is 47.3 Å². The van der Waals surface area contributed by atoms with E-state index < -0.39 is 0 Å². The maximum Gasteiger partial charge on any atom is 0.269 e. The predicted octanol–water partition coefficient (Wildman–Crippen LogP) is 2.38. The first kappa shape index (κ1) is 16.3. The first-order valence-corrected chi connectivity index (χ1v) is 8.42. The summed E-state index contributed by atoms with van der Waals surface area (Å²) in [5, 5.41) is 7.34. The molecule has 1 N–H and O–H groups in total. The number of nitrogens with zero attached hydrogens (tertiary/aromatic N) is 4. The second-order valence-corrected chi connectivity index (χ2v) is 6.30.